The lowest BCUT2D eigenvalue weighted by Crippen LogP contribution is -2.75. The van der Waals surface area contributed by atoms with Crippen molar-refractivity contribution in [1.29, 1.82) is 0 Å². The van der Waals surface area contributed by atoms with E-state index in [1.807, 2.05) is 0 Å². The van der Waals surface area contributed by atoms with Gasteiger partial charge in [0.2, 0.25) is 35.4 Å². The summed E-state index contributed by atoms with van der Waals surface area (Å²) < 4.78 is 0. The maximum absolute atomic E-state index is 12.3. The fraction of sp³-hybridized carbons (Fsp3) is 0.500. The number of carboxylic acid groups (broad SMARTS) is 3. The Balaban J connectivity index is 2.29. The number of aliphatic carboxylic acids is 3. The Kier molecular flexibility index (Phi) is 6.45. The minimum Gasteiger partial charge on any atom is -0.546 e. The lowest BCUT2D eigenvalue weighted by molar-refractivity contribution is -0.337. The lowest BCUT2D eigenvalue weighted by Gasteiger charge is -2.49. The van der Waals surface area contributed by atoms with Crippen LogP contribution in [-0.2, 0) is 43.2 Å². The number of imide groups is 3. The van der Waals surface area contributed by atoms with Crippen molar-refractivity contribution >= 4 is 53.4 Å². The average Bonchev–Trinajstić information content (AvgIpc) is 3.36. The fourth-order valence-corrected chi connectivity index (χ4v) is 4.08. The zero-order valence-electron chi connectivity index (χ0n) is 17.2. The molecule has 3 aliphatic heterocycles. The van der Waals surface area contributed by atoms with E-state index >= 15 is 0 Å². The molecule has 3 fully saturated rings. The molecule has 3 saturated heterocycles. The molecule has 16 nitrogen and oxygen atoms in total. The molecule has 0 radical (unpaired) electrons. The van der Waals surface area contributed by atoms with Crippen molar-refractivity contribution in [3.05, 3.63) is 0 Å². The number of rotatable bonds is 9. The maximum atomic E-state index is 12.3. The van der Waals surface area contributed by atoms with Crippen LogP contribution >= 0.6 is 0 Å². The van der Waals surface area contributed by atoms with Gasteiger partial charge in [0, 0.05) is 38.5 Å². The Morgan fingerprint density at radius 2 is 0.676 bits per heavy atom. The van der Waals surface area contributed by atoms with E-state index in [2.05, 4.69) is 0 Å². The minimum absolute atomic E-state index is 0.0305. The molecular formula is C18H15N4O12-3. The molecule has 182 valence electrons. The molecule has 6 amide bonds. The van der Waals surface area contributed by atoms with Crippen molar-refractivity contribution in [1.82, 2.24) is 19.6 Å². The molecule has 34 heavy (non-hydrogen) atoms. The van der Waals surface area contributed by atoms with Gasteiger partial charge in [-0.15, -0.1) is 0 Å². The predicted molar refractivity (Wildman–Crippen MR) is 91.5 cm³/mol. The molecule has 3 atom stereocenters. The number of carboxylic acids is 3. The molecule has 0 spiro atoms. The van der Waals surface area contributed by atoms with Gasteiger partial charge in [-0.05, 0) is 0 Å². The third-order valence-corrected chi connectivity index (χ3v) is 5.48. The zero-order valence-corrected chi connectivity index (χ0v) is 17.2. The normalized spacial score (nSPS) is 21.6. The van der Waals surface area contributed by atoms with Crippen LogP contribution < -0.4 is 15.3 Å². The Morgan fingerprint density at radius 3 is 0.824 bits per heavy atom. The van der Waals surface area contributed by atoms with Crippen LogP contribution in [0, 0.1) is 0 Å². The Bertz CT molecular complexity index is 862. The van der Waals surface area contributed by atoms with Gasteiger partial charge in [-0.2, -0.15) is 0 Å². The molecular weight excluding hydrogens is 464 g/mol. The number of hydrogen-bond acceptors (Lipinski definition) is 13. The second-order valence-corrected chi connectivity index (χ2v) is 7.50. The highest BCUT2D eigenvalue weighted by Crippen LogP contribution is 2.29. The van der Waals surface area contributed by atoms with Crippen LogP contribution in [0.2, 0.25) is 0 Å². The van der Waals surface area contributed by atoms with E-state index < -0.39 is 110 Å². The van der Waals surface area contributed by atoms with Crippen molar-refractivity contribution in [2.75, 3.05) is 0 Å². The van der Waals surface area contributed by atoms with Crippen molar-refractivity contribution in [3.8, 4) is 0 Å². The van der Waals surface area contributed by atoms with Crippen LogP contribution in [0.1, 0.15) is 38.5 Å². The molecule has 3 aliphatic rings. The fourth-order valence-electron chi connectivity index (χ4n) is 4.08. The van der Waals surface area contributed by atoms with Crippen molar-refractivity contribution in [3.63, 3.8) is 0 Å². The zero-order chi connectivity index (χ0) is 25.5. The van der Waals surface area contributed by atoms with Crippen LogP contribution in [0.15, 0.2) is 0 Å². The van der Waals surface area contributed by atoms with E-state index in [-0.39, 0.29) is 19.6 Å². The molecule has 0 N–H and O–H groups in total. The van der Waals surface area contributed by atoms with Gasteiger partial charge < -0.3 is 29.7 Å². The van der Waals surface area contributed by atoms with E-state index in [1.54, 1.807) is 0 Å². The van der Waals surface area contributed by atoms with Crippen LogP contribution in [-0.4, -0.2) is 91.4 Å². The van der Waals surface area contributed by atoms with Gasteiger partial charge in [0.05, 0.1) is 17.9 Å². The summed E-state index contributed by atoms with van der Waals surface area (Å²) in [6.45, 7) is 0. The Labute approximate surface area is 189 Å². The molecule has 0 bridgehead atoms. The topological polar surface area (TPSA) is 236 Å². The lowest BCUT2D eigenvalue weighted by atomic mass is 10.2. The molecule has 0 aliphatic carbocycles. The van der Waals surface area contributed by atoms with Crippen molar-refractivity contribution in [2.45, 2.75) is 57.0 Å². The van der Waals surface area contributed by atoms with Crippen LogP contribution in [0.25, 0.3) is 0 Å². The first-order valence-corrected chi connectivity index (χ1v) is 9.83. The first-order chi connectivity index (χ1) is 15.9. The molecule has 3 unspecified atom stereocenters. The van der Waals surface area contributed by atoms with Gasteiger partial charge in [0.1, 0.15) is 18.5 Å². The monoisotopic (exact) mass is 479 g/mol. The van der Waals surface area contributed by atoms with Gasteiger partial charge in [-0.3, -0.25) is 43.5 Å². The summed E-state index contributed by atoms with van der Waals surface area (Å²) in [5, 5.41) is 36.4. The van der Waals surface area contributed by atoms with E-state index in [0.717, 1.165) is 0 Å². The maximum Gasteiger partial charge on any atom is 0.231 e. The van der Waals surface area contributed by atoms with E-state index in [0.29, 0.717) is 0 Å². The van der Waals surface area contributed by atoms with Crippen LogP contribution in [0.3, 0.4) is 0 Å². The molecule has 0 aromatic heterocycles. The second-order valence-electron chi connectivity index (χ2n) is 7.50. The summed E-state index contributed by atoms with van der Waals surface area (Å²) in [6.07, 6.45) is -11.9. The first-order valence-electron chi connectivity index (χ1n) is 9.83. The largest absolute Gasteiger partial charge is 0.546 e. The summed E-state index contributed by atoms with van der Waals surface area (Å²) in [6, 6.07) is 0. The van der Waals surface area contributed by atoms with Crippen molar-refractivity contribution < 1.29 is 58.5 Å². The average molecular weight is 479 g/mol. The van der Waals surface area contributed by atoms with Crippen molar-refractivity contribution in [2.24, 2.45) is 0 Å². The highest BCUT2D eigenvalue weighted by atomic mass is 16.4. The molecule has 0 aromatic rings. The number of carbonyl (C=O) groups excluding carboxylic acids is 9. The summed E-state index contributed by atoms with van der Waals surface area (Å²) in [5.74, 6) is -14.3. The standard InChI is InChI=1S/C18H18N4O12/c23-7-1-2-8(24)19(7)13(16(29)30)22(14(17(31)32)20-9(25)3-4-10(20)26)15(18(33)34)21-11(27)5-6-12(21)28/h13-15H,1-6H2,(H,29,30)(H,31,32)(H,33,34)/p-3. The van der Waals surface area contributed by atoms with Gasteiger partial charge >= 0.3 is 0 Å². The van der Waals surface area contributed by atoms with Gasteiger partial charge in [0.25, 0.3) is 0 Å². The van der Waals surface area contributed by atoms with E-state index in [4.69, 9.17) is 0 Å². The molecule has 3 rings (SSSR count). The van der Waals surface area contributed by atoms with Gasteiger partial charge in [-0.25, -0.2) is 4.90 Å². The third kappa shape index (κ3) is 3.98. The highest BCUT2D eigenvalue weighted by molar-refractivity contribution is 6.07. The van der Waals surface area contributed by atoms with Gasteiger partial charge in [-0.1, -0.05) is 0 Å². The molecule has 3 heterocycles. The predicted octanol–water partition coefficient (Wildman–Crippen LogP) is -7.04. The quantitative estimate of drug-likeness (QED) is 0.280. The Morgan fingerprint density at radius 1 is 0.500 bits per heavy atom. The number of hydrogen-bond donors (Lipinski definition) is 0. The summed E-state index contributed by atoms with van der Waals surface area (Å²) in [4.78, 5) is 110. The van der Waals surface area contributed by atoms with E-state index in [1.165, 1.54) is 0 Å². The second kappa shape index (κ2) is 8.97. The highest BCUT2D eigenvalue weighted by Gasteiger charge is 2.52. The van der Waals surface area contributed by atoms with Crippen LogP contribution in [0.5, 0.6) is 0 Å². The van der Waals surface area contributed by atoms with E-state index in [9.17, 15) is 58.5 Å². The Hall–Kier alpha value is -4.21. The molecule has 16 heteroatoms. The number of amides is 6. The third-order valence-electron chi connectivity index (χ3n) is 5.48. The van der Waals surface area contributed by atoms with Crippen LogP contribution in [0.4, 0.5) is 0 Å². The molecule has 0 aromatic carbocycles. The number of likely N-dealkylation sites (tertiary alicyclic amines) is 3. The summed E-state index contributed by atoms with van der Waals surface area (Å²) >= 11 is 0. The van der Waals surface area contributed by atoms with Gasteiger partial charge in [0.15, 0.2) is 0 Å². The SMILES string of the molecule is O=C([O-])C(N1C(=O)CCC1=O)N(C(C(=O)[O-])N1C(=O)CCC1=O)C(C(=O)[O-])N1C(=O)CCC1=O. The minimum atomic E-state index is -2.88. The smallest absolute Gasteiger partial charge is 0.231 e. The summed E-state index contributed by atoms with van der Waals surface area (Å²) in [5.41, 5.74) is 0. The number of carbonyl (C=O) groups is 9. The summed E-state index contributed by atoms with van der Waals surface area (Å²) in [7, 11) is 0. The number of nitrogens with zero attached hydrogens (tertiary/aromatic N) is 4. The first kappa shape index (κ1) is 24.4. The molecule has 0 saturated carbocycles.